The Bertz CT molecular complexity index is 3490. The second kappa shape index (κ2) is 38.6. The molecule has 0 spiro atoms. The normalized spacial score (nSPS) is 21.4. The van der Waals surface area contributed by atoms with Crippen molar-refractivity contribution in [1.82, 2.24) is 31.9 Å². The van der Waals surface area contributed by atoms with Crippen molar-refractivity contribution in [3.05, 3.63) is 180 Å². The van der Waals surface area contributed by atoms with Gasteiger partial charge in [0.25, 0.3) is 23.4 Å². The average molecular weight is 1450 g/mol. The quantitative estimate of drug-likeness (QED) is 0.0248. The fourth-order valence-electron chi connectivity index (χ4n) is 11.7. The molecule has 0 aromatic heterocycles. The van der Waals surface area contributed by atoms with Crippen LogP contribution in [0.5, 0.6) is 0 Å². The molecule has 6 aromatic carbocycles. The van der Waals surface area contributed by atoms with E-state index >= 15 is 0 Å². The molecule has 2 aliphatic heterocycles. The van der Waals surface area contributed by atoms with Gasteiger partial charge in [-0.3, -0.25) is 28.8 Å². The van der Waals surface area contributed by atoms with Crippen LogP contribution in [0, 0.1) is 0 Å². The third-order valence-electron chi connectivity index (χ3n) is 17.1. The number of aliphatic carboxylic acids is 2. The zero-order chi connectivity index (χ0) is 73.3. The minimum atomic E-state index is -2.47. The summed E-state index contributed by atoms with van der Waals surface area (Å²) in [5, 5.41) is 104. The van der Waals surface area contributed by atoms with Crippen LogP contribution in [-0.2, 0) is 60.6 Å². The van der Waals surface area contributed by atoms with Gasteiger partial charge in [-0.15, -0.1) is 0 Å². The molecule has 2 fully saturated rings. The maximum Gasteiger partial charge on any atom is 0.364 e. The smallest absolute Gasteiger partial charge is 0.364 e. The maximum atomic E-state index is 13.1. The monoisotopic (exact) mass is 1440 g/mol. The van der Waals surface area contributed by atoms with E-state index < -0.39 is 134 Å². The molecule has 12 atom stereocenters. The van der Waals surface area contributed by atoms with Crippen LogP contribution in [0.4, 0.5) is 0 Å². The molecule has 6 amide bonds. The summed E-state index contributed by atoms with van der Waals surface area (Å²) >= 11 is 2.92. The van der Waals surface area contributed by atoms with E-state index in [0.717, 1.165) is 47.2 Å². The number of hydrogen-bond donors (Lipinski definition) is 14. The lowest BCUT2D eigenvalue weighted by molar-refractivity contribution is -0.310. The van der Waals surface area contributed by atoms with E-state index in [0.29, 0.717) is 71.2 Å². The minimum Gasteiger partial charge on any atom is -0.477 e. The van der Waals surface area contributed by atoms with Crippen molar-refractivity contribution in [1.29, 1.82) is 0 Å². The maximum absolute atomic E-state index is 13.1. The molecule has 2 heterocycles. The van der Waals surface area contributed by atoms with Crippen LogP contribution in [0.1, 0.15) is 71.4 Å². The van der Waals surface area contributed by atoms with E-state index in [2.05, 4.69) is 31.9 Å². The number of nitrogens with one attached hydrogen (secondary N) is 6. The van der Waals surface area contributed by atoms with Crippen LogP contribution in [0.2, 0.25) is 0 Å². The van der Waals surface area contributed by atoms with Gasteiger partial charge in [0.1, 0.15) is 24.4 Å². The standard InChI is InChI=1S/C74H88N6O20S2/c1-45(81)79-63-57(83)41-73(71(93)94,99-67(63)65(89)59(85)43-77-61(87)39-47-15-19-51(20-16-47)49-11-5-3-6-12-49)97-33-9-35-101-37-31-75-69(91)55-27-23-53(24-28-55)54-25-29-56(30-26-54)70(92)76-32-38-102-36-10-34-98-74(72(95)96)42-58(84)64(80-46(2)82)68(100-74)66(90)60(86)44-78-62(88)40-48-17-21-52(22-18-48)50-13-7-4-8-14-50/h3-8,11-30,57-60,63-68,83-86,89-90H,9-10,31-44H2,1-2H3,(H,75,91)(H,76,92)(H,77,87)(H,78,88)(H,79,81)(H,80,82)(H,93,94)(H,95,96)/t57-,58-,59+,60+,63+,64+,65?,66?,67+,68+,73+,74+/m0/s1. The van der Waals surface area contributed by atoms with Gasteiger partial charge in [0.2, 0.25) is 23.6 Å². The lowest BCUT2D eigenvalue weighted by atomic mass is 9.88. The summed E-state index contributed by atoms with van der Waals surface area (Å²) in [5.74, 6) is -9.03. The summed E-state index contributed by atoms with van der Waals surface area (Å²) in [4.78, 5) is 102. The molecular formula is C74H88N6O20S2. The molecule has 28 heteroatoms. The van der Waals surface area contributed by atoms with Crippen LogP contribution >= 0.6 is 23.5 Å². The van der Waals surface area contributed by atoms with Gasteiger partial charge in [-0.25, -0.2) is 9.59 Å². The molecule has 0 radical (unpaired) electrons. The van der Waals surface area contributed by atoms with Crippen molar-refractivity contribution >= 4 is 70.9 Å². The van der Waals surface area contributed by atoms with Gasteiger partial charge in [0.15, 0.2) is 0 Å². The Kier molecular flexibility index (Phi) is 29.9. The van der Waals surface area contributed by atoms with Gasteiger partial charge in [-0.1, -0.05) is 133 Å². The third kappa shape index (κ3) is 22.7. The summed E-state index contributed by atoms with van der Waals surface area (Å²) < 4.78 is 23.3. The Balaban J connectivity index is 0.698. The van der Waals surface area contributed by atoms with Crippen LogP contribution in [0.15, 0.2) is 158 Å². The summed E-state index contributed by atoms with van der Waals surface area (Å²) in [5.41, 5.74) is 7.75. The van der Waals surface area contributed by atoms with Gasteiger partial charge < -0.3 is 91.7 Å². The predicted octanol–water partition coefficient (Wildman–Crippen LogP) is 3.46. The topological polar surface area (TPSA) is 408 Å². The number of ether oxygens (including phenoxy) is 4. The minimum absolute atomic E-state index is 0.0381. The average Bonchev–Trinajstić information content (AvgIpc) is 0.775. The van der Waals surface area contributed by atoms with Crippen LogP contribution in [0.25, 0.3) is 33.4 Å². The molecule has 546 valence electrons. The molecule has 2 saturated heterocycles. The lowest BCUT2D eigenvalue weighted by Crippen LogP contribution is -2.68. The molecule has 0 aliphatic carbocycles. The fraction of sp³-hybridized carbons (Fsp3) is 0.405. The van der Waals surface area contributed by atoms with Crippen molar-refractivity contribution in [2.45, 2.75) is 125 Å². The number of amides is 6. The number of carboxylic acid groups (broad SMARTS) is 2. The summed E-state index contributed by atoms with van der Waals surface area (Å²) in [6, 6.07) is 45.2. The van der Waals surface area contributed by atoms with E-state index in [-0.39, 0.29) is 37.9 Å². The predicted molar refractivity (Wildman–Crippen MR) is 380 cm³/mol. The number of thioether (sulfide) groups is 2. The van der Waals surface area contributed by atoms with E-state index in [9.17, 15) is 79.2 Å². The number of carbonyl (C=O) groups excluding carboxylic acids is 6. The first-order chi connectivity index (χ1) is 48.9. The molecular weight excluding hydrogens is 1360 g/mol. The van der Waals surface area contributed by atoms with Gasteiger partial charge in [-0.2, -0.15) is 23.5 Å². The molecule has 2 unspecified atom stereocenters. The van der Waals surface area contributed by atoms with Crippen molar-refractivity contribution in [2.75, 3.05) is 62.4 Å². The second-order valence-electron chi connectivity index (χ2n) is 24.8. The van der Waals surface area contributed by atoms with Crippen LogP contribution in [0.3, 0.4) is 0 Å². The lowest BCUT2D eigenvalue weighted by Gasteiger charge is -2.46. The Morgan fingerprint density at radius 1 is 0.461 bits per heavy atom. The number of aliphatic hydroxyl groups excluding tert-OH is 6. The molecule has 102 heavy (non-hydrogen) atoms. The number of rotatable bonds is 37. The Morgan fingerprint density at radius 2 is 0.784 bits per heavy atom. The van der Waals surface area contributed by atoms with Crippen LogP contribution in [-0.4, -0.2) is 223 Å². The highest BCUT2D eigenvalue weighted by Crippen LogP contribution is 2.36. The first-order valence-corrected chi connectivity index (χ1v) is 35.7. The first-order valence-electron chi connectivity index (χ1n) is 33.4. The SMILES string of the molecule is CC(=O)N[C@@H]1[C@@H](O)C[C@](OCCCSCCNC(=O)c2ccc(-c3ccc(C(=O)NCCSCCCO[C@]4(C(=O)O)C[C@H](O)[C@@H](NC(C)=O)[C@H](C(O)[C@H](O)CNC(=O)Cc5ccc(-c6ccccc6)cc5)O4)cc3)cc2)(C(=O)O)O[C@H]1C(O)[C@H](O)CNC(=O)Cc1ccc(-c2ccccc2)cc1. The molecule has 26 nitrogen and oxygen atoms in total. The number of carbonyl (C=O) groups is 8. The van der Waals surface area contributed by atoms with E-state index in [4.69, 9.17) is 18.9 Å². The molecule has 2 aliphatic rings. The molecule has 0 saturated carbocycles. The molecule has 0 bridgehead atoms. The van der Waals surface area contributed by atoms with Crippen molar-refractivity contribution in [2.24, 2.45) is 0 Å². The number of aliphatic hydroxyl groups is 6. The first kappa shape index (κ1) is 79.1. The fourth-order valence-corrected chi connectivity index (χ4v) is 13.3. The van der Waals surface area contributed by atoms with Crippen molar-refractivity contribution < 1.29 is 98.2 Å². The van der Waals surface area contributed by atoms with Crippen LogP contribution < -0.4 is 31.9 Å². The third-order valence-corrected chi connectivity index (χ3v) is 19.2. The Morgan fingerprint density at radius 3 is 1.11 bits per heavy atom. The highest BCUT2D eigenvalue weighted by atomic mass is 32.2. The highest BCUT2D eigenvalue weighted by Gasteiger charge is 2.57. The van der Waals surface area contributed by atoms with E-state index in [1.807, 2.05) is 84.9 Å². The zero-order valence-electron chi connectivity index (χ0n) is 56.4. The number of hydrogen-bond acceptors (Lipinski definition) is 20. The highest BCUT2D eigenvalue weighted by molar-refractivity contribution is 7.99. The van der Waals surface area contributed by atoms with Gasteiger partial charge >= 0.3 is 11.9 Å². The van der Waals surface area contributed by atoms with E-state index in [1.54, 1.807) is 72.8 Å². The number of carboxylic acids is 2. The van der Waals surface area contributed by atoms with Gasteiger partial charge in [-0.05, 0) is 93.1 Å². The number of benzene rings is 6. The van der Waals surface area contributed by atoms with E-state index in [1.165, 1.54) is 23.5 Å². The summed E-state index contributed by atoms with van der Waals surface area (Å²) in [7, 11) is 0. The zero-order valence-corrected chi connectivity index (χ0v) is 58.0. The van der Waals surface area contributed by atoms with Gasteiger partial charge in [0, 0.05) is 75.5 Å². The molecule has 8 rings (SSSR count). The van der Waals surface area contributed by atoms with Crippen molar-refractivity contribution in [3.63, 3.8) is 0 Å². The van der Waals surface area contributed by atoms with Gasteiger partial charge in [0.05, 0.1) is 62.6 Å². The summed E-state index contributed by atoms with van der Waals surface area (Å²) in [6.45, 7) is 1.66. The molecule has 6 aromatic rings. The Labute approximate surface area is 598 Å². The largest absolute Gasteiger partial charge is 0.477 e. The second-order valence-corrected chi connectivity index (χ2v) is 27.2. The summed E-state index contributed by atoms with van der Waals surface area (Å²) in [6.07, 6.45) is -14.5. The van der Waals surface area contributed by atoms with Crippen molar-refractivity contribution in [3.8, 4) is 33.4 Å². The molecule has 14 N–H and O–H groups in total. The Hall–Kier alpha value is -8.62.